The van der Waals surface area contributed by atoms with Crippen LogP contribution >= 0.6 is 27.5 Å². The van der Waals surface area contributed by atoms with E-state index in [0.717, 1.165) is 10.0 Å². The molecule has 0 aliphatic carbocycles. The van der Waals surface area contributed by atoms with Crippen LogP contribution in [0.2, 0.25) is 5.02 Å². The number of rotatable bonds is 5. The first-order valence-electron chi connectivity index (χ1n) is 5.04. The van der Waals surface area contributed by atoms with Gasteiger partial charge in [-0.25, -0.2) is 0 Å². The van der Waals surface area contributed by atoms with Crippen LogP contribution in [0.4, 0.5) is 0 Å². The number of nitrogens with two attached hydrogens (primary N) is 1. The van der Waals surface area contributed by atoms with Crippen molar-refractivity contribution >= 4 is 33.4 Å². The van der Waals surface area contributed by atoms with Crippen molar-refractivity contribution in [3.05, 3.63) is 33.3 Å². The third kappa shape index (κ3) is 4.51. The third-order valence-electron chi connectivity index (χ3n) is 2.10. The van der Waals surface area contributed by atoms with Gasteiger partial charge in [-0.05, 0) is 30.2 Å². The van der Waals surface area contributed by atoms with Gasteiger partial charge in [-0.3, -0.25) is 4.79 Å². The zero-order valence-electron chi connectivity index (χ0n) is 8.80. The maximum Gasteiger partial charge on any atom is 0.220 e. The number of hydrogen-bond donors (Lipinski definition) is 2. The van der Waals surface area contributed by atoms with Gasteiger partial charge in [-0.2, -0.15) is 0 Å². The quantitative estimate of drug-likeness (QED) is 0.875. The number of halogens is 2. The fourth-order valence-electron chi connectivity index (χ4n) is 1.28. The predicted molar refractivity (Wildman–Crippen MR) is 69.5 cm³/mol. The Morgan fingerprint density at radius 1 is 1.50 bits per heavy atom. The Morgan fingerprint density at radius 2 is 2.25 bits per heavy atom. The van der Waals surface area contributed by atoms with E-state index in [1.54, 1.807) is 0 Å². The smallest absolute Gasteiger partial charge is 0.220 e. The fourth-order valence-corrected chi connectivity index (χ4v) is 1.92. The van der Waals surface area contributed by atoms with E-state index in [9.17, 15) is 4.79 Å². The predicted octanol–water partition coefficient (Wildman–Crippen LogP) is 2.11. The number of carbonyl (C=O) groups excluding carboxylic acids is 1. The molecular formula is C11H14BrClN2O. The van der Waals surface area contributed by atoms with Crippen LogP contribution in [-0.2, 0) is 11.2 Å². The molecule has 1 rings (SSSR count). The molecule has 0 aliphatic rings. The van der Waals surface area contributed by atoms with Gasteiger partial charge in [0.2, 0.25) is 5.91 Å². The molecule has 0 fully saturated rings. The lowest BCUT2D eigenvalue weighted by Crippen LogP contribution is -2.29. The van der Waals surface area contributed by atoms with Crippen LogP contribution < -0.4 is 11.1 Å². The first kappa shape index (κ1) is 13.5. The topological polar surface area (TPSA) is 55.1 Å². The molecule has 3 nitrogen and oxygen atoms in total. The maximum absolute atomic E-state index is 11.4. The molecular weight excluding hydrogens is 291 g/mol. The number of carbonyl (C=O) groups is 1. The van der Waals surface area contributed by atoms with Crippen molar-refractivity contribution in [3.8, 4) is 0 Å². The van der Waals surface area contributed by atoms with Crippen LogP contribution in [-0.4, -0.2) is 19.0 Å². The van der Waals surface area contributed by atoms with Gasteiger partial charge in [0.1, 0.15) is 0 Å². The lowest BCUT2D eigenvalue weighted by atomic mass is 10.1. The molecule has 0 heterocycles. The van der Waals surface area contributed by atoms with Gasteiger partial charge in [0, 0.05) is 29.0 Å². The molecule has 1 aromatic rings. The highest BCUT2D eigenvalue weighted by Crippen LogP contribution is 2.22. The van der Waals surface area contributed by atoms with Crippen molar-refractivity contribution in [1.82, 2.24) is 5.32 Å². The summed E-state index contributed by atoms with van der Waals surface area (Å²) in [7, 11) is 0. The van der Waals surface area contributed by atoms with Crippen LogP contribution in [0.5, 0.6) is 0 Å². The zero-order chi connectivity index (χ0) is 12.0. The molecule has 0 bridgehead atoms. The summed E-state index contributed by atoms with van der Waals surface area (Å²) >= 11 is 9.30. The van der Waals surface area contributed by atoms with Crippen molar-refractivity contribution in [3.63, 3.8) is 0 Å². The highest BCUT2D eigenvalue weighted by molar-refractivity contribution is 9.10. The van der Waals surface area contributed by atoms with Gasteiger partial charge in [-0.1, -0.05) is 27.5 Å². The molecule has 0 radical (unpaired) electrons. The Morgan fingerprint density at radius 3 is 2.94 bits per heavy atom. The van der Waals surface area contributed by atoms with E-state index in [-0.39, 0.29) is 5.91 Å². The second-order valence-corrected chi connectivity index (χ2v) is 4.67. The molecule has 16 heavy (non-hydrogen) atoms. The van der Waals surface area contributed by atoms with Crippen molar-refractivity contribution in [2.24, 2.45) is 5.73 Å². The Balaban J connectivity index is 2.47. The number of aryl methyl sites for hydroxylation is 1. The van der Waals surface area contributed by atoms with Gasteiger partial charge in [0.25, 0.3) is 0 Å². The molecule has 1 aromatic carbocycles. The SMILES string of the molecule is NCCNC(=O)CCc1cc(Cl)ccc1Br. The van der Waals surface area contributed by atoms with E-state index in [1.807, 2.05) is 18.2 Å². The molecule has 0 spiro atoms. The average molecular weight is 306 g/mol. The first-order valence-corrected chi connectivity index (χ1v) is 6.21. The normalized spacial score (nSPS) is 10.2. The van der Waals surface area contributed by atoms with Crippen LogP contribution in [0.15, 0.2) is 22.7 Å². The van der Waals surface area contributed by atoms with Crippen molar-refractivity contribution < 1.29 is 4.79 Å². The second kappa shape index (κ2) is 6.89. The summed E-state index contributed by atoms with van der Waals surface area (Å²) in [6.45, 7) is 0.988. The van der Waals surface area contributed by atoms with Crippen molar-refractivity contribution in [2.75, 3.05) is 13.1 Å². The third-order valence-corrected chi connectivity index (χ3v) is 3.10. The molecule has 0 saturated carbocycles. The monoisotopic (exact) mass is 304 g/mol. The lowest BCUT2D eigenvalue weighted by Gasteiger charge is -2.06. The molecule has 88 valence electrons. The maximum atomic E-state index is 11.4. The Hall–Kier alpha value is -0.580. The van der Waals surface area contributed by atoms with Gasteiger partial charge < -0.3 is 11.1 Å². The highest BCUT2D eigenvalue weighted by atomic mass is 79.9. The average Bonchev–Trinajstić information content (AvgIpc) is 2.27. The van der Waals surface area contributed by atoms with Crippen molar-refractivity contribution in [2.45, 2.75) is 12.8 Å². The van der Waals surface area contributed by atoms with E-state index < -0.39 is 0 Å². The van der Waals surface area contributed by atoms with Crippen LogP contribution in [0.1, 0.15) is 12.0 Å². The molecule has 5 heteroatoms. The van der Waals surface area contributed by atoms with E-state index >= 15 is 0 Å². The number of nitrogens with one attached hydrogen (secondary N) is 1. The summed E-state index contributed by atoms with van der Waals surface area (Å²) < 4.78 is 0.975. The summed E-state index contributed by atoms with van der Waals surface area (Å²) in [6.07, 6.45) is 1.11. The number of hydrogen-bond acceptors (Lipinski definition) is 2. The second-order valence-electron chi connectivity index (χ2n) is 3.37. The Labute approximate surface area is 108 Å². The van der Waals surface area contributed by atoms with Crippen LogP contribution in [0, 0.1) is 0 Å². The largest absolute Gasteiger partial charge is 0.355 e. The number of amides is 1. The van der Waals surface area contributed by atoms with Gasteiger partial charge in [0.15, 0.2) is 0 Å². The van der Waals surface area contributed by atoms with Gasteiger partial charge in [-0.15, -0.1) is 0 Å². The molecule has 0 aromatic heterocycles. The summed E-state index contributed by atoms with van der Waals surface area (Å²) in [5.74, 6) is 0.0114. The standard InChI is InChI=1S/C11H14BrClN2O/c12-10-3-2-9(13)7-8(10)1-4-11(16)15-6-5-14/h2-3,7H,1,4-6,14H2,(H,15,16). The minimum absolute atomic E-state index is 0.0114. The molecule has 0 saturated heterocycles. The summed E-state index contributed by atoms with van der Waals surface area (Å²) in [6, 6.07) is 5.56. The van der Waals surface area contributed by atoms with E-state index in [0.29, 0.717) is 31.0 Å². The highest BCUT2D eigenvalue weighted by Gasteiger charge is 2.05. The van der Waals surface area contributed by atoms with Crippen LogP contribution in [0.3, 0.4) is 0 Å². The minimum atomic E-state index is 0.0114. The fraction of sp³-hybridized carbons (Fsp3) is 0.364. The molecule has 0 unspecified atom stereocenters. The lowest BCUT2D eigenvalue weighted by molar-refractivity contribution is -0.120. The van der Waals surface area contributed by atoms with E-state index in [2.05, 4.69) is 21.2 Å². The van der Waals surface area contributed by atoms with E-state index in [4.69, 9.17) is 17.3 Å². The molecule has 1 amide bonds. The summed E-state index contributed by atoms with van der Waals surface area (Å²) in [5.41, 5.74) is 6.33. The van der Waals surface area contributed by atoms with E-state index in [1.165, 1.54) is 0 Å². The van der Waals surface area contributed by atoms with Gasteiger partial charge in [0.05, 0.1) is 0 Å². The number of benzene rings is 1. The molecule has 3 N–H and O–H groups in total. The van der Waals surface area contributed by atoms with Crippen LogP contribution in [0.25, 0.3) is 0 Å². The Bertz CT molecular complexity index is 371. The van der Waals surface area contributed by atoms with Crippen molar-refractivity contribution in [1.29, 1.82) is 0 Å². The Kier molecular flexibility index (Phi) is 5.80. The summed E-state index contributed by atoms with van der Waals surface area (Å²) in [4.78, 5) is 11.4. The van der Waals surface area contributed by atoms with Gasteiger partial charge >= 0.3 is 0 Å². The zero-order valence-corrected chi connectivity index (χ0v) is 11.1. The first-order chi connectivity index (χ1) is 7.63. The minimum Gasteiger partial charge on any atom is -0.355 e. The molecule has 0 atom stereocenters. The molecule has 0 aliphatic heterocycles. The summed E-state index contributed by atoms with van der Waals surface area (Å²) in [5, 5.41) is 3.41.